The Bertz CT molecular complexity index is 531. The van der Waals surface area contributed by atoms with Crippen LogP contribution in [-0.4, -0.2) is 55.7 Å². The lowest BCUT2D eigenvalue weighted by Gasteiger charge is -2.34. The van der Waals surface area contributed by atoms with Crippen molar-refractivity contribution in [1.82, 2.24) is 19.4 Å². The summed E-state index contributed by atoms with van der Waals surface area (Å²) in [4.78, 5) is 30.6. The molecular weight excluding hydrogens is 248 g/mol. The summed E-state index contributed by atoms with van der Waals surface area (Å²) in [5, 5.41) is 8.91. The number of aromatic nitrogens is 2. The highest BCUT2D eigenvalue weighted by atomic mass is 16.4. The van der Waals surface area contributed by atoms with Crippen LogP contribution in [0.3, 0.4) is 0 Å². The van der Waals surface area contributed by atoms with Gasteiger partial charge in [0.25, 0.3) is 0 Å². The molecule has 2 aliphatic rings. The van der Waals surface area contributed by atoms with Crippen LogP contribution >= 0.6 is 0 Å². The molecule has 2 amide bonds. The quantitative estimate of drug-likeness (QED) is 0.824. The van der Waals surface area contributed by atoms with Gasteiger partial charge in [0.1, 0.15) is 5.82 Å². The van der Waals surface area contributed by atoms with Crippen LogP contribution < -0.4 is 0 Å². The van der Waals surface area contributed by atoms with Crippen molar-refractivity contribution in [3.8, 4) is 0 Å². The Kier molecular flexibility index (Phi) is 2.69. The molecule has 1 aromatic rings. The summed E-state index contributed by atoms with van der Waals surface area (Å²) >= 11 is 0. The molecule has 0 atom stereocenters. The number of hydrogen-bond acceptors (Lipinski definition) is 3. The lowest BCUT2D eigenvalue weighted by atomic mass is 10.0. The number of fused-ring (bicyclic) bond motifs is 1. The zero-order valence-electron chi connectivity index (χ0n) is 10.7. The molecule has 0 radical (unpaired) electrons. The highest BCUT2D eigenvalue weighted by Crippen LogP contribution is 2.24. The summed E-state index contributed by atoms with van der Waals surface area (Å²) in [5.41, 5.74) is 0.851. The predicted octanol–water partition coefficient (Wildman–Crippen LogP) is 1.12. The maximum absolute atomic E-state index is 12.2. The number of likely N-dealkylation sites (tertiary alicyclic amines) is 1. The third-order valence-electron chi connectivity index (χ3n) is 3.84. The number of aryl methyl sites for hydroxylation is 1. The minimum Gasteiger partial charge on any atom is -0.465 e. The van der Waals surface area contributed by atoms with Crippen molar-refractivity contribution in [3.63, 3.8) is 0 Å². The number of amides is 2. The largest absolute Gasteiger partial charge is 0.465 e. The number of nitrogens with zero attached hydrogens (tertiary/aromatic N) is 4. The molecule has 2 aliphatic heterocycles. The summed E-state index contributed by atoms with van der Waals surface area (Å²) in [7, 11) is 0. The molecule has 102 valence electrons. The van der Waals surface area contributed by atoms with Crippen LogP contribution in [0.5, 0.6) is 0 Å². The van der Waals surface area contributed by atoms with Gasteiger partial charge in [0.05, 0.1) is 12.2 Å². The van der Waals surface area contributed by atoms with E-state index in [1.807, 2.05) is 6.92 Å². The summed E-state index contributed by atoms with van der Waals surface area (Å²) in [6.07, 6.45) is 2.27. The van der Waals surface area contributed by atoms with Gasteiger partial charge in [-0.2, -0.15) is 0 Å². The zero-order valence-corrected chi connectivity index (χ0v) is 10.7. The van der Waals surface area contributed by atoms with Crippen LogP contribution in [0.25, 0.3) is 0 Å². The molecule has 0 unspecified atom stereocenters. The molecular formula is C12H16N4O3. The summed E-state index contributed by atoms with van der Waals surface area (Å²) in [6, 6.07) is 0.0782. The molecule has 1 saturated heterocycles. The highest BCUT2D eigenvalue weighted by Gasteiger charge is 2.35. The second-order valence-electron chi connectivity index (χ2n) is 5.08. The normalized spacial score (nSPS) is 19.9. The van der Waals surface area contributed by atoms with E-state index in [0.29, 0.717) is 32.5 Å². The minimum atomic E-state index is -0.880. The van der Waals surface area contributed by atoms with Crippen molar-refractivity contribution in [2.75, 3.05) is 13.1 Å². The Hall–Kier alpha value is -2.05. The van der Waals surface area contributed by atoms with Crippen molar-refractivity contribution in [2.24, 2.45) is 0 Å². The Balaban J connectivity index is 1.68. The first-order valence-electron chi connectivity index (χ1n) is 6.40. The first-order chi connectivity index (χ1) is 9.06. The van der Waals surface area contributed by atoms with Crippen LogP contribution in [0.15, 0.2) is 6.20 Å². The maximum Gasteiger partial charge on any atom is 0.407 e. The number of rotatable bonds is 1. The van der Waals surface area contributed by atoms with E-state index in [1.165, 1.54) is 4.90 Å². The Morgan fingerprint density at radius 2 is 2.11 bits per heavy atom. The van der Waals surface area contributed by atoms with Crippen LogP contribution in [0.2, 0.25) is 0 Å². The molecule has 0 saturated carbocycles. The fourth-order valence-corrected chi connectivity index (χ4v) is 2.84. The monoisotopic (exact) mass is 264 g/mol. The van der Waals surface area contributed by atoms with Gasteiger partial charge < -0.3 is 14.9 Å². The molecule has 7 heteroatoms. The van der Waals surface area contributed by atoms with Crippen LogP contribution in [0.1, 0.15) is 24.4 Å². The molecule has 3 heterocycles. The van der Waals surface area contributed by atoms with Gasteiger partial charge in [-0.15, -0.1) is 0 Å². The van der Waals surface area contributed by atoms with Gasteiger partial charge in [0.2, 0.25) is 0 Å². The second kappa shape index (κ2) is 4.25. The van der Waals surface area contributed by atoms with Crippen LogP contribution in [0.4, 0.5) is 9.59 Å². The van der Waals surface area contributed by atoms with E-state index >= 15 is 0 Å². The lowest BCUT2D eigenvalue weighted by molar-refractivity contribution is 0.107. The minimum absolute atomic E-state index is 0.0376. The van der Waals surface area contributed by atoms with Gasteiger partial charge in [-0.1, -0.05) is 0 Å². The summed E-state index contributed by atoms with van der Waals surface area (Å²) < 4.78 is 1.60. The van der Waals surface area contributed by atoms with Crippen molar-refractivity contribution >= 4 is 12.1 Å². The average molecular weight is 264 g/mol. The van der Waals surface area contributed by atoms with Crippen molar-refractivity contribution in [1.29, 1.82) is 0 Å². The Labute approximate surface area is 110 Å². The maximum atomic E-state index is 12.2. The molecule has 1 N–H and O–H groups in total. The first kappa shape index (κ1) is 12.0. The molecule has 1 fully saturated rings. The van der Waals surface area contributed by atoms with E-state index in [2.05, 4.69) is 4.98 Å². The lowest BCUT2D eigenvalue weighted by Crippen LogP contribution is -2.46. The molecule has 0 aliphatic carbocycles. The Morgan fingerprint density at radius 3 is 2.68 bits per heavy atom. The second-order valence-corrected chi connectivity index (χ2v) is 5.08. The standard InChI is InChI=1S/C12H16N4O3/c1-8-6-16-10(13-8)7-15(11(16)17)9-2-4-14(5-3-9)12(18)19/h6,9H,2-5,7H2,1H3,(H,18,19). The number of carbonyl (C=O) groups excluding carboxylic acids is 1. The molecule has 3 rings (SSSR count). The van der Waals surface area contributed by atoms with Gasteiger partial charge in [0, 0.05) is 25.3 Å². The predicted molar refractivity (Wildman–Crippen MR) is 65.9 cm³/mol. The number of imidazole rings is 1. The van der Waals surface area contributed by atoms with Gasteiger partial charge in [-0.25, -0.2) is 14.6 Å². The number of piperidine rings is 1. The SMILES string of the molecule is Cc1cn2c(n1)CN(C1CCN(C(=O)O)CC1)C2=O. The van der Waals surface area contributed by atoms with E-state index in [9.17, 15) is 9.59 Å². The van der Waals surface area contributed by atoms with E-state index in [1.54, 1.807) is 15.7 Å². The molecule has 0 aromatic carbocycles. The Morgan fingerprint density at radius 1 is 1.42 bits per heavy atom. The van der Waals surface area contributed by atoms with Crippen molar-refractivity contribution in [2.45, 2.75) is 32.4 Å². The first-order valence-corrected chi connectivity index (χ1v) is 6.40. The summed E-state index contributed by atoms with van der Waals surface area (Å²) in [5.74, 6) is 0.781. The fraction of sp³-hybridized carbons (Fsp3) is 0.583. The molecule has 0 bridgehead atoms. The highest BCUT2D eigenvalue weighted by molar-refractivity contribution is 5.80. The van der Waals surface area contributed by atoms with Gasteiger partial charge in [-0.05, 0) is 19.8 Å². The topological polar surface area (TPSA) is 78.7 Å². The molecule has 19 heavy (non-hydrogen) atoms. The van der Waals surface area contributed by atoms with Crippen LogP contribution in [-0.2, 0) is 6.54 Å². The van der Waals surface area contributed by atoms with Crippen LogP contribution in [0, 0.1) is 6.92 Å². The molecule has 0 spiro atoms. The van der Waals surface area contributed by atoms with E-state index < -0.39 is 6.09 Å². The zero-order chi connectivity index (χ0) is 13.6. The van der Waals surface area contributed by atoms with Gasteiger partial charge in [-0.3, -0.25) is 4.57 Å². The van der Waals surface area contributed by atoms with Crippen molar-refractivity contribution in [3.05, 3.63) is 17.7 Å². The van der Waals surface area contributed by atoms with Crippen molar-refractivity contribution < 1.29 is 14.7 Å². The van der Waals surface area contributed by atoms with Gasteiger partial charge >= 0.3 is 12.1 Å². The average Bonchev–Trinajstić information content (AvgIpc) is 2.88. The van der Waals surface area contributed by atoms with Gasteiger partial charge in [0.15, 0.2) is 0 Å². The van der Waals surface area contributed by atoms with E-state index in [0.717, 1.165) is 11.5 Å². The fourth-order valence-electron chi connectivity index (χ4n) is 2.84. The summed E-state index contributed by atoms with van der Waals surface area (Å²) in [6.45, 7) is 3.38. The molecule has 1 aromatic heterocycles. The number of carboxylic acid groups (broad SMARTS) is 1. The van der Waals surface area contributed by atoms with E-state index in [-0.39, 0.29) is 12.1 Å². The third-order valence-corrected chi connectivity index (χ3v) is 3.84. The third kappa shape index (κ3) is 1.94. The van der Waals surface area contributed by atoms with E-state index in [4.69, 9.17) is 5.11 Å². The smallest absolute Gasteiger partial charge is 0.407 e. The molecule has 7 nitrogen and oxygen atoms in total. The number of hydrogen-bond donors (Lipinski definition) is 1. The number of carbonyl (C=O) groups is 2.